The third kappa shape index (κ3) is 5.51. The molecule has 0 aliphatic carbocycles. The third-order valence-corrected chi connectivity index (χ3v) is 6.96. The van der Waals surface area contributed by atoms with E-state index in [1.165, 1.54) is 34.3 Å². The van der Waals surface area contributed by atoms with Gasteiger partial charge in [0.2, 0.25) is 0 Å². The predicted octanol–water partition coefficient (Wildman–Crippen LogP) is 4.69. The molecule has 0 heterocycles. The van der Waals surface area contributed by atoms with Crippen LogP contribution in [0.3, 0.4) is 0 Å². The minimum atomic E-state index is -0.516. The van der Waals surface area contributed by atoms with Gasteiger partial charge in [0, 0.05) is 0 Å². The zero-order valence-corrected chi connectivity index (χ0v) is 17.7. The molecule has 3 aromatic rings. The van der Waals surface area contributed by atoms with E-state index >= 15 is 0 Å². The monoisotopic (exact) mass is 427 g/mol. The SMILES string of the molecule is Br.NCCCCCc1ccccc1P(c1ccccc1)c1ccccc1. The first-order valence-electron chi connectivity index (χ1n) is 9.08. The largest absolute Gasteiger partial charge is 0.330 e. The molecule has 26 heavy (non-hydrogen) atoms. The summed E-state index contributed by atoms with van der Waals surface area (Å²) in [4.78, 5) is 0. The van der Waals surface area contributed by atoms with Gasteiger partial charge in [0.15, 0.2) is 0 Å². The molecule has 0 aliphatic heterocycles. The maximum atomic E-state index is 5.64. The Morgan fingerprint density at radius 3 is 1.73 bits per heavy atom. The van der Waals surface area contributed by atoms with Crippen LogP contribution in [0.5, 0.6) is 0 Å². The average Bonchev–Trinajstić information content (AvgIpc) is 2.68. The lowest BCUT2D eigenvalue weighted by Gasteiger charge is -2.22. The quantitative estimate of drug-likeness (QED) is 0.409. The molecule has 0 unspecified atom stereocenters. The van der Waals surface area contributed by atoms with Gasteiger partial charge in [0.1, 0.15) is 0 Å². The van der Waals surface area contributed by atoms with Gasteiger partial charge in [0.05, 0.1) is 0 Å². The molecule has 0 radical (unpaired) electrons. The van der Waals surface area contributed by atoms with Crippen LogP contribution in [0.4, 0.5) is 0 Å². The normalized spacial score (nSPS) is 10.5. The van der Waals surface area contributed by atoms with Crippen molar-refractivity contribution in [1.82, 2.24) is 0 Å². The van der Waals surface area contributed by atoms with Gasteiger partial charge in [-0.15, -0.1) is 17.0 Å². The van der Waals surface area contributed by atoms with Crippen molar-refractivity contribution in [3.8, 4) is 0 Å². The zero-order chi connectivity index (χ0) is 17.3. The summed E-state index contributed by atoms with van der Waals surface area (Å²) in [6, 6.07) is 30.8. The van der Waals surface area contributed by atoms with E-state index in [9.17, 15) is 0 Å². The van der Waals surface area contributed by atoms with Crippen molar-refractivity contribution < 1.29 is 0 Å². The van der Waals surface area contributed by atoms with Crippen molar-refractivity contribution in [3.63, 3.8) is 0 Å². The Labute approximate surface area is 169 Å². The molecular formula is C23H27BrNP. The van der Waals surface area contributed by atoms with Crippen molar-refractivity contribution in [1.29, 1.82) is 0 Å². The van der Waals surface area contributed by atoms with Crippen LogP contribution in [0.25, 0.3) is 0 Å². The molecule has 136 valence electrons. The average molecular weight is 428 g/mol. The molecule has 0 bridgehead atoms. The number of nitrogens with two attached hydrogens (primary N) is 1. The summed E-state index contributed by atoms with van der Waals surface area (Å²) in [5, 5.41) is 4.32. The molecular weight excluding hydrogens is 401 g/mol. The molecule has 0 spiro atoms. The Morgan fingerprint density at radius 2 is 1.15 bits per heavy atom. The van der Waals surface area contributed by atoms with Gasteiger partial charge in [-0.1, -0.05) is 91.3 Å². The Bertz CT molecular complexity index is 722. The van der Waals surface area contributed by atoms with Crippen LogP contribution in [0, 0.1) is 0 Å². The first-order chi connectivity index (χ1) is 12.4. The molecule has 0 amide bonds. The van der Waals surface area contributed by atoms with Crippen molar-refractivity contribution >= 4 is 40.8 Å². The highest BCUT2D eigenvalue weighted by Crippen LogP contribution is 2.34. The highest BCUT2D eigenvalue weighted by atomic mass is 79.9. The first-order valence-corrected chi connectivity index (χ1v) is 10.4. The van der Waals surface area contributed by atoms with Crippen LogP contribution in [0.2, 0.25) is 0 Å². The molecule has 0 saturated carbocycles. The summed E-state index contributed by atoms with van der Waals surface area (Å²) in [5.41, 5.74) is 7.13. The van der Waals surface area contributed by atoms with Crippen molar-refractivity contribution in [3.05, 3.63) is 90.5 Å². The molecule has 0 atom stereocenters. The van der Waals surface area contributed by atoms with Crippen LogP contribution in [-0.4, -0.2) is 6.54 Å². The second kappa shape index (κ2) is 11.3. The zero-order valence-electron chi connectivity index (χ0n) is 15.1. The van der Waals surface area contributed by atoms with E-state index in [1.807, 2.05) is 0 Å². The molecule has 0 aromatic heterocycles. The third-order valence-electron chi connectivity index (χ3n) is 4.41. The smallest absolute Gasteiger partial charge is 0.00773 e. The minimum Gasteiger partial charge on any atom is -0.330 e. The summed E-state index contributed by atoms with van der Waals surface area (Å²) in [6.07, 6.45) is 4.67. The van der Waals surface area contributed by atoms with Crippen LogP contribution >= 0.6 is 24.9 Å². The summed E-state index contributed by atoms with van der Waals surface area (Å²) in [5.74, 6) is 0. The molecule has 0 aliphatic rings. The van der Waals surface area contributed by atoms with E-state index in [4.69, 9.17) is 5.73 Å². The number of benzene rings is 3. The molecule has 3 aromatic carbocycles. The van der Waals surface area contributed by atoms with Crippen LogP contribution in [0.1, 0.15) is 24.8 Å². The fourth-order valence-electron chi connectivity index (χ4n) is 3.16. The van der Waals surface area contributed by atoms with Crippen molar-refractivity contribution in [2.24, 2.45) is 5.73 Å². The van der Waals surface area contributed by atoms with E-state index in [2.05, 4.69) is 84.9 Å². The lowest BCUT2D eigenvalue weighted by atomic mass is 10.1. The lowest BCUT2D eigenvalue weighted by Crippen LogP contribution is -2.23. The standard InChI is InChI=1S/C23H26NP.BrH/c24-19-11-3-4-12-20-13-9-10-18-23(20)25(21-14-5-1-6-15-21)22-16-7-2-8-17-22;/h1-2,5-10,13-18H,3-4,11-12,19,24H2;1H. The Morgan fingerprint density at radius 1 is 0.615 bits per heavy atom. The fraction of sp³-hybridized carbons (Fsp3) is 0.217. The van der Waals surface area contributed by atoms with Crippen LogP contribution in [0.15, 0.2) is 84.9 Å². The summed E-state index contributed by atoms with van der Waals surface area (Å²) >= 11 is 0. The van der Waals surface area contributed by atoms with E-state index in [1.54, 1.807) is 0 Å². The second-order valence-electron chi connectivity index (χ2n) is 6.23. The Kier molecular flexibility index (Phi) is 9.05. The van der Waals surface area contributed by atoms with Gasteiger partial charge < -0.3 is 5.73 Å². The molecule has 3 rings (SSSR count). The van der Waals surface area contributed by atoms with E-state index < -0.39 is 7.92 Å². The minimum absolute atomic E-state index is 0. The number of hydrogen-bond acceptors (Lipinski definition) is 1. The van der Waals surface area contributed by atoms with Gasteiger partial charge in [-0.25, -0.2) is 0 Å². The van der Waals surface area contributed by atoms with Crippen LogP contribution < -0.4 is 21.6 Å². The van der Waals surface area contributed by atoms with Gasteiger partial charge in [-0.3, -0.25) is 0 Å². The maximum absolute atomic E-state index is 5.64. The van der Waals surface area contributed by atoms with Gasteiger partial charge in [-0.05, 0) is 55.2 Å². The molecule has 0 saturated heterocycles. The highest BCUT2D eigenvalue weighted by Gasteiger charge is 2.18. The first kappa shape index (κ1) is 20.8. The van der Waals surface area contributed by atoms with Gasteiger partial charge in [0.25, 0.3) is 0 Å². The molecule has 3 heteroatoms. The summed E-state index contributed by atoms with van der Waals surface area (Å²) < 4.78 is 0. The van der Waals surface area contributed by atoms with E-state index in [0.717, 1.165) is 19.4 Å². The van der Waals surface area contributed by atoms with Crippen LogP contribution in [-0.2, 0) is 6.42 Å². The Hall–Kier alpha value is -1.47. The topological polar surface area (TPSA) is 26.0 Å². The Balaban J connectivity index is 0.00000243. The maximum Gasteiger partial charge on any atom is -0.00773 e. The second-order valence-corrected chi connectivity index (χ2v) is 8.42. The number of hydrogen-bond donors (Lipinski definition) is 1. The number of unbranched alkanes of at least 4 members (excludes halogenated alkanes) is 2. The highest BCUT2D eigenvalue weighted by molar-refractivity contribution is 8.93. The summed E-state index contributed by atoms with van der Waals surface area (Å²) in [6.45, 7) is 0.794. The molecule has 0 fully saturated rings. The number of rotatable bonds is 8. The molecule has 2 N–H and O–H groups in total. The van der Waals surface area contributed by atoms with E-state index in [-0.39, 0.29) is 17.0 Å². The summed E-state index contributed by atoms with van der Waals surface area (Å²) in [7, 11) is -0.516. The van der Waals surface area contributed by atoms with Gasteiger partial charge >= 0.3 is 0 Å². The number of halogens is 1. The van der Waals surface area contributed by atoms with Crippen molar-refractivity contribution in [2.75, 3.05) is 6.54 Å². The fourth-order valence-corrected chi connectivity index (χ4v) is 5.66. The lowest BCUT2D eigenvalue weighted by molar-refractivity contribution is 0.688. The van der Waals surface area contributed by atoms with E-state index in [0.29, 0.717) is 0 Å². The van der Waals surface area contributed by atoms with Crippen molar-refractivity contribution in [2.45, 2.75) is 25.7 Å². The molecule has 1 nitrogen and oxygen atoms in total. The number of aryl methyl sites for hydroxylation is 1. The van der Waals surface area contributed by atoms with Gasteiger partial charge in [-0.2, -0.15) is 0 Å². The predicted molar refractivity (Wildman–Crippen MR) is 122 cm³/mol.